The van der Waals surface area contributed by atoms with Crippen molar-refractivity contribution in [2.45, 2.75) is 52.6 Å². The molecule has 1 aromatic rings. The van der Waals surface area contributed by atoms with Crippen molar-refractivity contribution >= 4 is 23.7 Å². The van der Waals surface area contributed by atoms with Crippen LogP contribution in [0.5, 0.6) is 0 Å². The van der Waals surface area contributed by atoms with E-state index in [0.717, 1.165) is 4.90 Å². The Bertz CT molecular complexity index is 916. The minimum atomic E-state index is -1.06. The molecule has 1 saturated heterocycles. The van der Waals surface area contributed by atoms with Gasteiger partial charge in [-0.1, -0.05) is 38.1 Å². The Balaban J connectivity index is 1.60. The van der Waals surface area contributed by atoms with Gasteiger partial charge in [0, 0.05) is 6.54 Å². The van der Waals surface area contributed by atoms with Crippen LogP contribution < -0.4 is 5.32 Å². The minimum Gasteiger partial charge on any atom is -0.454 e. The van der Waals surface area contributed by atoms with Crippen LogP contribution in [0.1, 0.15) is 44.2 Å². The zero-order valence-electron chi connectivity index (χ0n) is 18.6. The third kappa shape index (κ3) is 5.23. The fraction of sp³-hybridized carbons (Fsp3) is 0.500. The van der Waals surface area contributed by atoms with Crippen LogP contribution in [0.15, 0.2) is 30.4 Å². The molecule has 1 aliphatic carbocycles. The fourth-order valence-electron chi connectivity index (χ4n) is 4.12. The highest BCUT2D eigenvalue weighted by Gasteiger charge is 2.51. The lowest BCUT2D eigenvalue weighted by atomic mass is 9.85. The molecular weight excluding hydrogens is 415 g/mol. The number of ether oxygens (including phenoxy) is 1. The molecule has 3 rings (SSSR count). The molecule has 32 heavy (non-hydrogen) atoms. The summed E-state index contributed by atoms with van der Waals surface area (Å²) in [5.74, 6) is -3.24. The molecule has 8 heteroatoms. The summed E-state index contributed by atoms with van der Waals surface area (Å²) in [4.78, 5) is 51.8. The number of aryl methyl sites for hydroxylation is 1. The summed E-state index contributed by atoms with van der Waals surface area (Å²) < 4.78 is 18.8. The third-order valence-corrected chi connectivity index (χ3v) is 5.89. The monoisotopic (exact) mass is 444 g/mol. The van der Waals surface area contributed by atoms with Crippen LogP contribution in [0.4, 0.5) is 4.39 Å². The molecule has 0 saturated carbocycles. The highest BCUT2D eigenvalue weighted by molar-refractivity contribution is 6.08. The number of imide groups is 1. The van der Waals surface area contributed by atoms with Crippen molar-refractivity contribution in [3.8, 4) is 0 Å². The smallest absolute Gasteiger partial charge is 0.329 e. The van der Waals surface area contributed by atoms with Gasteiger partial charge in [-0.3, -0.25) is 19.3 Å². The number of nitrogens with one attached hydrogen (secondary N) is 1. The zero-order valence-corrected chi connectivity index (χ0v) is 18.6. The predicted octanol–water partition coefficient (Wildman–Crippen LogP) is 2.66. The second kappa shape index (κ2) is 10.1. The number of fused-ring (bicyclic) bond motifs is 1. The molecule has 1 aliphatic heterocycles. The van der Waals surface area contributed by atoms with Crippen LogP contribution in [-0.2, 0) is 30.5 Å². The number of allylic oxidation sites excluding steroid dienone is 2. The SMILES string of the molecule is Cc1ccc(CNC(=O)COC(=O)C(CC(C)C)N2C(=O)C3CC=CCC3C2=O)cc1F. The van der Waals surface area contributed by atoms with Crippen LogP contribution in [0, 0.1) is 30.5 Å². The maximum absolute atomic E-state index is 13.6. The van der Waals surface area contributed by atoms with Gasteiger partial charge in [0.25, 0.3) is 5.91 Å². The van der Waals surface area contributed by atoms with Gasteiger partial charge in [-0.15, -0.1) is 0 Å². The number of hydrogen-bond acceptors (Lipinski definition) is 5. The van der Waals surface area contributed by atoms with Gasteiger partial charge >= 0.3 is 5.97 Å². The number of hydrogen-bond donors (Lipinski definition) is 1. The van der Waals surface area contributed by atoms with E-state index in [1.807, 2.05) is 26.0 Å². The topological polar surface area (TPSA) is 92.8 Å². The number of likely N-dealkylation sites (tertiary alicyclic amines) is 1. The lowest BCUT2D eigenvalue weighted by Crippen LogP contribution is -2.47. The summed E-state index contributed by atoms with van der Waals surface area (Å²) in [5, 5.41) is 2.57. The van der Waals surface area contributed by atoms with Gasteiger partial charge < -0.3 is 10.1 Å². The quantitative estimate of drug-likeness (QED) is 0.378. The van der Waals surface area contributed by atoms with Gasteiger partial charge in [0.2, 0.25) is 11.8 Å². The van der Waals surface area contributed by atoms with Crippen molar-refractivity contribution < 1.29 is 28.3 Å². The molecule has 3 unspecified atom stereocenters. The first-order valence-electron chi connectivity index (χ1n) is 10.9. The van der Waals surface area contributed by atoms with Crippen LogP contribution in [0.25, 0.3) is 0 Å². The Morgan fingerprint density at radius 1 is 1.16 bits per heavy atom. The summed E-state index contributed by atoms with van der Waals surface area (Å²) >= 11 is 0. The summed E-state index contributed by atoms with van der Waals surface area (Å²) in [6, 6.07) is 3.59. The summed E-state index contributed by atoms with van der Waals surface area (Å²) in [5.41, 5.74) is 1.08. The van der Waals surface area contributed by atoms with Gasteiger partial charge in [-0.05, 0) is 49.3 Å². The third-order valence-electron chi connectivity index (χ3n) is 5.89. The molecule has 1 heterocycles. The van der Waals surface area contributed by atoms with Crippen LogP contribution in [0.3, 0.4) is 0 Å². The summed E-state index contributed by atoms with van der Waals surface area (Å²) in [6.07, 6.45) is 4.99. The molecule has 2 aliphatic rings. The van der Waals surface area contributed by atoms with Crippen molar-refractivity contribution in [3.63, 3.8) is 0 Å². The number of carbonyl (C=O) groups is 4. The Labute approximate surface area is 187 Å². The number of carbonyl (C=O) groups excluding carboxylic acids is 4. The van der Waals surface area contributed by atoms with Crippen LogP contribution in [-0.4, -0.2) is 41.2 Å². The fourth-order valence-corrected chi connectivity index (χ4v) is 4.12. The van der Waals surface area contributed by atoms with Crippen LogP contribution >= 0.6 is 0 Å². The van der Waals surface area contributed by atoms with Crippen LogP contribution in [0.2, 0.25) is 0 Å². The van der Waals surface area contributed by atoms with Crippen molar-refractivity contribution in [1.82, 2.24) is 10.2 Å². The molecule has 7 nitrogen and oxygen atoms in total. The largest absolute Gasteiger partial charge is 0.454 e. The summed E-state index contributed by atoms with van der Waals surface area (Å²) in [7, 11) is 0. The molecule has 1 aromatic carbocycles. The molecule has 1 N–H and O–H groups in total. The Hall–Kier alpha value is -3.03. The Morgan fingerprint density at radius 3 is 2.34 bits per heavy atom. The highest BCUT2D eigenvalue weighted by Crippen LogP contribution is 2.37. The maximum Gasteiger partial charge on any atom is 0.329 e. The number of halogens is 1. The minimum absolute atomic E-state index is 0.0270. The van der Waals surface area contributed by atoms with E-state index in [1.165, 1.54) is 6.07 Å². The first-order chi connectivity index (χ1) is 15.2. The molecule has 1 fully saturated rings. The second-order valence-electron chi connectivity index (χ2n) is 8.82. The Kier molecular flexibility index (Phi) is 7.43. The first-order valence-corrected chi connectivity index (χ1v) is 10.9. The van der Waals surface area contributed by atoms with Crippen molar-refractivity contribution in [1.29, 1.82) is 0 Å². The van der Waals surface area contributed by atoms with E-state index in [1.54, 1.807) is 19.1 Å². The molecule has 3 atom stereocenters. The van der Waals surface area contributed by atoms with Gasteiger partial charge in [-0.25, -0.2) is 9.18 Å². The number of benzene rings is 1. The first kappa shape index (κ1) is 23.6. The number of esters is 1. The molecule has 0 bridgehead atoms. The molecule has 3 amide bonds. The van der Waals surface area contributed by atoms with E-state index in [9.17, 15) is 23.6 Å². The van der Waals surface area contributed by atoms with E-state index in [2.05, 4.69) is 5.32 Å². The normalized spacial score (nSPS) is 21.0. The van der Waals surface area contributed by atoms with Gasteiger partial charge in [0.15, 0.2) is 6.61 Å². The molecule has 0 aromatic heterocycles. The molecule has 0 radical (unpaired) electrons. The van der Waals surface area contributed by atoms with E-state index in [0.29, 0.717) is 24.0 Å². The number of nitrogens with zero attached hydrogens (tertiary/aromatic N) is 1. The molecular formula is C24H29FN2O5. The maximum atomic E-state index is 13.6. The Morgan fingerprint density at radius 2 is 1.78 bits per heavy atom. The van der Waals surface area contributed by atoms with Gasteiger partial charge in [0.05, 0.1) is 11.8 Å². The van der Waals surface area contributed by atoms with E-state index < -0.39 is 36.4 Å². The number of rotatable bonds is 8. The predicted molar refractivity (Wildman–Crippen MR) is 114 cm³/mol. The lowest BCUT2D eigenvalue weighted by Gasteiger charge is -2.26. The average molecular weight is 445 g/mol. The molecule has 0 spiro atoms. The zero-order chi connectivity index (χ0) is 23.4. The number of amides is 3. The van der Waals surface area contributed by atoms with E-state index >= 15 is 0 Å². The molecule has 172 valence electrons. The average Bonchev–Trinajstić information content (AvgIpc) is 3.01. The summed E-state index contributed by atoms with van der Waals surface area (Å²) in [6.45, 7) is 4.95. The lowest BCUT2D eigenvalue weighted by molar-refractivity contribution is -0.161. The van der Waals surface area contributed by atoms with Crippen molar-refractivity contribution in [3.05, 3.63) is 47.3 Å². The van der Waals surface area contributed by atoms with Gasteiger partial charge in [0.1, 0.15) is 11.9 Å². The van der Waals surface area contributed by atoms with E-state index in [-0.39, 0.29) is 36.5 Å². The highest BCUT2D eigenvalue weighted by atomic mass is 19.1. The van der Waals surface area contributed by atoms with Gasteiger partial charge in [-0.2, -0.15) is 0 Å². The van der Waals surface area contributed by atoms with Crippen molar-refractivity contribution in [2.75, 3.05) is 6.61 Å². The second-order valence-corrected chi connectivity index (χ2v) is 8.82. The van der Waals surface area contributed by atoms with E-state index in [4.69, 9.17) is 4.74 Å². The van der Waals surface area contributed by atoms with Crippen molar-refractivity contribution in [2.24, 2.45) is 17.8 Å². The standard InChI is InChI=1S/C24H29FN2O5/c1-14(2)10-20(27-22(29)17-6-4-5-7-18(17)23(27)30)24(31)32-13-21(28)26-12-16-9-8-15(3)19(25)11-16/h4-5,8-9,11,14,17-18,20H,6-7,10,12-13H2,1-3H3,(H,26,28).